The number of rotatable bonds is 4. The summed E-state index contributed by atoms with van der Waals surface area (Å²) in [5, 5.41) is 9.98. The van der Waals surface area contributed by atoms with Gasteiger partial charge in [0.2, 0.25) is 0 Å². The molecule has 0 aromatic heterocycles. The first kappa shape index (κ1) is 13.3. The average molecular weight is 242 g/mol. The van der Waals surface area contributed by atoms with E-state index >= 15 is 0 Å². The summed E-state index contributed by atoms with van der Waals surface area (Å²) in [5.74, 6) is 0.287. The molecule has 0 spiro atoms. The third kappa shape index (κ3) is 3.94. The fourth-order valence-corrected chi connectivity index (χ4v) is 2.77. The zero-order valence-electron chi connectivity index (χ0n) is 11.2. The minimum absolute atomic E-state index is 0.287. The lowest BCUT2D eigenvalue weighted by Gasteiger charge is -2.34. The van der Waals surface area contributed by atoms with Crippen LogP contribution in [0.2, 0.25) is 0 Å². The van der Waals surface area contributed by atoms with Crippen molar-refractivity contribution < 1.29 is 14.6 Å². The quantitative estimate of drug-likeness (QED) is 0.822. The molecule has 1 heterocycles. The molecule has 3 heteroatoms. The van der Waals surface area contributed by atoms with E-state index in [9.17, 15) is 5.11 Å². The van der Waals surface area contributed by atoms with Crippen LogP contribution >= 0.6 is 0 Å². The topological polar surface area (TPSA) is 38.7 Å². The molecule has 2 unspecified atom stereocenters. The van der Waals surface area contributed by atoms with E-state index in [1.54, 1.807) is 0 Å². The van der Waals surface area contributed by atoms with Gasteiger partial charge in [-0.05, 0) is 37.5 Å². The maximum atomic E-state index is 9.98. The Morgan fingerprint density at radius 1 is 1.29 bits per heavy atom. The standard InChI is InChI=1S/C14H26O3/c1-14(2)6-3-12(4-7-14)17-10-13(15)11-5-8-16-9-11/h11-13,15H,3-10H2,1-2H3. The van der Waals surface area contributed by atoms with Crippen LogP contribution in [0.4, 0.5) is 0 Å². The van der Waals surface area contributed by atoms with E-state index in [1.807, 2.05) is 0 Å². The number of aliphatic hydroxyl groups excluding tert-OH is 1. The second-order valence-electron chi connectivity index (χ2n) is 6.39. The van der Waals surface area contributed by atoms with Crippen molar-refractivity contribution >= 4 is 0 Å². The average Bonchev–Trinajstić information content (AvgIpc) is 2.80. The van der Waals surface area contributed by atoms with Crippen LogP contribution in [0.25, 0.3) is 0 Å². The molecule has 0 aromatic carbocycles. The van der Waals surface area contributed by atoms with Crippen molar-refractivity contribution in [3.63, 3.8) is 0 Å². The van der Waals surface area contributed by atoms with Crippen LogP contribution in [-0.2, 0) is 9.47 Å². The fraction of sp³-hybridized carbons (Fsp3) is 1.00. The molecule has 2 fully saturated rings. The van der Waals surface area contributed by atoms with Gasteiger partial charge in [0.15, 0.2) is 0 Å². The Morgan fingerprint density at radius 3 is 2.59 bits per heavy atom. The normalized spacial score (nSPS) is 31.6. The zero-order valence-corrected chi connectivity index (χ0v) is 11.2. The minimum Gasteiger partial charge on any atom is -0.390 e. The predicted octanol–water partition coefficient (Wildman–Crippen LogP) is 2.37. The number of hydrogen-bond acceptors (Lipinski definition) is 3. The smallest absolute Gasteiger partial charge is 0.0824 e. The van der Waals surface area contributed by atoms with Crippen LogP contribution in [0.3, 0.4) is 0 Å². The lowest BCUT2D eigenvalue weighted by molar-refractivity contribution is -0.0535. The van der Waals surface area contributed by atoms with Gasteiger partial charge in [0.25, 0.3) is 0 Å². The van der Waals surface area contributed by atoms with Gasteiger partial charge < -0.3 is 14.6 Å². The van der Waals surface area contributed by atoms with E-state index in [0.717, 1.165) is 25.9 Å². The second-order valence-corrected chi connectivity index (χ2v) is 6.39. The van der Waals surface area contributed by atoms with E-state index in [0.29, 0.717) is 24.7 Å². The van der Waals surface area contributed by atoms with Gasteiger partial charge in [0.1, 0.15) is 0 Å². The minimum atomic E-state index is -0.340. The molecule has 17 heavy (non-hydrogen) atoms. The molecule has 100 valence electrons. The molecule has 3 nitrogen and oxygen atoms in total. The molecule has 1 aliphatic heterocycles. The number of aliphatic hydroxyl groups is 1. The third-order valence-electron chi connectivity index (χ3n) is 4.30. The van der Waals surface area contributed by atoms with Crippen molar-refractivity contribution in [3.05, 3.63) is 0 Å². The van der Waals surface area contributed by atoms with E-state index in [1.165, 1.54) is 12.8 Å². The Labute approximate surface area is 104 Å². The van der Waals surface area contributed by atoms with Crippen molar-refractivity contribution in [2.45, 2.75) is 58.2 Å². The van der Waals surface area contributed by atoms with Gasteiger partial charge in [-0.1, -0.05) is 13.8 Å². The maximum absolute atomic E-state index is 9.98. The van der Waals surface area contributed by atoms with Crippen LogP contribution in [-0.4, -0.2) is 37.1 Å². The summed E-state index contributed by atoms with van der Waals surface area (Å²) in [5.41, 5.74) is 0.484. The van der Waals surface area contributed by atoms with Crippen molar-refractivity contribution in [2.24, 2.45) is 11.3 Å². The fourth-order valence-electron chi connectivity index (χ4n) is 2.77. The number of hydrogen-bond donors (Lipinski definition) is 1. The monoisotopic (exact) mass is 242 g/mol. The van der Waals surface area contributed by atoms with Gasteiger partial charge in [0.05, 0.1) is 25.4 Å². The molecule has 0 radical (unpaired) electrons. The molecule has 2 rings (SSSR count). The SMILES string of the molecule is CC1(C)CCC(OCC(O)C2CCOC2)CC1. The molecular weight excluding hydrogens is 216 g/mol. The van der Waals surface area contributed by atoms with Crippen molar-refractivity contribution in [3.8, 4) is 0 Å². The molecule has 1 saturated heterocycles. The predicted molar refractivity (Wildman–Crippen MR) is 66.9 cm³/mol. The maximum Gasteiger partial charge on any atom is 0.0824 e. The summed E-state index contributed by atoms with van der Waals surface area (Å²) in [4.78, 5) is 0. The molecular formula is C14H26O3. The van der Waals surface area contributed by atoms with Gasteiger partial charge in [-0.2, -0.15) is 0 Å². The van der Waals surface area contributed by atoms with Gasteiger partial charge >= 0.3 is 0 Å². The molecule has 2 aliphatic rings. The van der Waals surface area contributed by atoms with Crippen LogP contribution < -0.4 is 0 Å². The van der Waals surface area contributed by atoms with Gasteiger partial charge in [-0.25, -0.2) is 0 Å². The highest BCUT2D eigenvalue weighted by molar-refractivity contribution is 4.79. The Morgan fingerprint density at radius 2 is 2.00 bits per heavy atom. The molecule has 0 aromatic rings. The van der Waals surface area contributed by atoms with E-state index in [2.05, 4.69) is 13.8 Å². The van der Waals surface area contributed by atoms with Gasteiger partial charge in [-0.3, -0.25) is 0 Å². The molecule has 1 N–H and O–H groups in total. The first-order valence-corrected chi connectivity index (χ1v) is 6.94. The second kappa shape index (κ2) is 5.68. The molecule has 2 atom stereocenters. The molecule has 0 amide bonds. The highest BCUT2D eigenvalue weighted by atomic mass is 16.5. The highest BCUT2D eigenvalue weighted by Gasteiger charge is 2.29. The summed E-state index contributed by atoms with van der Waals surface area (Å²) in [7, 11) is 0. The highest BCUT2D eigenvalue weighted by Crippen LogP contribution is 2.36. The Kier molecular flexibility index (Phi) is 4.45. The Hall–Kier alpha value is -0.120. The van der Waals surface area contributed by atoms with Crippen molar-refractivity contribution in [2.75, 3.05) is 19.8 Å². The summed E-state index contributed by atoms with van der Waals surface area (Å²) >= 11 is 0. The van der Waals surface area contributed by atoms with Crippen molar-refractivity contribution in [1.82, 2.24) is 0 Å². The largest absolute Gasteiger partial charge is 0.390 e. The van der Waals surface area contributed by atoms with Crippen LogP contribution in [0, 0.1) is 11.3 Å². The lowest BCUT2D eigenvalue weighted by Crippen LogP contribution is -2.32. The zero-order chi connectivity index (χ0) is 12.3. The van der Waals surface area contributed by atoms with Crippen molar-refractivity contribution in [1.29, 1.82) is 0 Å². The summed E-state index contributed by atoms with van der Waals surface area (Å²) in [6.07, 6.45) is 5.75. The van der Waals surface area contributed by atoms with Crippen LogP contribution in [0.15, 0.2) is 0 Å². The van der Waals surface area contributed by atoms with Gasteiger partial charge in [0, 0.05) is 12.5 Å². The summed E-state index contributed by atoms with van der Waals surface area (Å²) in [6, 6.07) is 0. The lowest BCUT2D eigenvalue weighted by atomic mass is 9.76. The van der Waals surface area contributed by atoms with E-state index < -0.39 is 0 Å². The summed E-state index contributed by atoms with van der Waals surface area (Å²) < 4.78 is 11.1. The van der Waals surface area contributed by atoms with E-state index in [4.69, 9.17) is 9.47 Å². The number of ether oxygens (including phenoxy) is 2. The Balaban J connectivity index is 1.65. The van der Waals surface area contributed by atoms with Crippen LogP contribution in [0.5, 0.6) is 0 Å². The third-order valence-corrected chi connectivity index (χ3v) is 4.30. The summed E-state index contributed by atoms with van der Waals surface area (Å²) in [6.45, 7) is 6.63. The first-order valence-electron chi connectivity index (χ1n) is 6.94. The first-order chi connectivity index (χ1) is 8.07. The molecule has 0 bridgehead atoms. The van der Waals surface area contributed by atoms with Crippen LogP contribution in [0.1, 0.15) is 46.0 Å². The Bertz CT molecular complexity index is 224. The van der Waals surface area contributed by atoms with Gasteiger partial charge in [-0.15, -0.1) is 0 Å². The molecule has 1 aliphatic carbocycles. The van der Waals surface area contributed by atoms with E-state index in [-0.39, 0.29) is 12.0 Å². The molecule has 1 saturated carbocycles.